The Morgan fingerprint density at radius 2 is 2.26 bits per heavy atom. The van der Waals surface area contributed by atoms with Crippen LogP contribution in [0.3, 0.4) is 0 Å². The van der Waals surface area contributed by atoms with Crippen molar-refractivity contribution in [3.63, 3.8) is 0 Å². The third-order valence-electron chi connectivity index (χ3n) is 3.10. The van der Waals surface area contributed by atoms with Gasteiger partial charge in [-0.2, -0.15) is 0 Å². The van der Waals surface area contributed by atoms with Gasteiger partial charge in [0, 0.05) is 25.6 Å². The maximum Gasteiger partial charge on any atom is 0.315 e. The number of carbonyl (C=O) groups excluding carboxylic acids is 2. The van der Waals surface area contributed by atoms with E-state index in [1.165, 1.54) is 0 Å². The van der Waals surface area contributed by atoms with Crippen LogP contribution < -0.4 is 16.0 Å². The summed E-state index contributed by atoms with van der Waals surface area (Å²) in [6.07, 6.45) is 2.30. The molecule has 0 aromatic carbocycles. The molecule has 1 aliphatic heterocycles. The molecule has 0 saturated carbocycles. The van der Waals surface area contributed by atoms with Crippen LogP contribution in [0.4, 0.5) is 4.79 Å². The maximum atomic E-state index is 11.6. The molecule has 4 N–H and O–H groups in total. The lowest BCUT2D eigenvalue weighted by molar-refractivity contribution is -0.141. The summed E-state index contributed by atoms with van der Waals surface area (Å²) in [4.78, 5) is 33.5. The topological polar surface area (TPSA) is 108 Å². The SMILES string of the molecule is CCCC(CNC(=O)NC1CCC(=O)NC1)C(=O)O. The first-order valence-electron chi connectivity index (χ1n) is 6.56. The number of carboxylic acid groups (broad SMARTS) is 1. The molecule has 1 heterocycles. The molecule has 0 bridgehead atoms. The Balaban J connectivity index is 2.26. The van der Waals surface area contributed by atoms with Gasteiger partial charge < -0.3 is 21.1 Å². The summed E-state index contributed by atoms with van der Waals surface area (Å²) in [7, 11) is 0. The average Bonchev–Trinajstić information content (AvgIpc) is 2.37. The first kappa shape index (κ1) is 15.3. The molecule has 1 fully saturated rings. The predicted octanol–water partition coefficient (Wildman–Crippen LogP) is 0.0651. The zero-order valence-corrected chi connectivity index (χ0v) is 11.1. The minimum atomic E-state index is -0.896. The highest BCUT2D eigenvalue weighted by atomic mass is 16.4. The van der Waals surface area contributed by atoms with Crippen LogP contribution in [0.1, 0.15) is 32.6 Å². The molecular weight excluding hydrogens is 250 g/mol. The number of piperidine rings is 1. The number of hydrogen-bond donors (Lipinski definition) is 4. The molecule has 0 aliphatic carbocycles. The molecule has 1 rings (SSSR count). The van der Waals surface area contributed by atoms with Crippen LogP contribution in [0.15, 0.2) is 0 Å². The molecule has 7 nitrogen and oxygen atoms in total. The van der Waals surface area contributed by atoms with Crippen molar-refractivity contribution in [1.82, 2.24) is 16.0 Å². The number of amides is 3. The van der Waals surface area contributed by atoms with Crippen molar-refractivity contribution in [2.24, 2.45) is 5.92 Å². The van der Waals surface area contributed by atoms with Gasteiger partial charge in [0.15, 0.2) is 0 Å². The molecule has 0 aromatic rings. The lowest BCUT2D eigenvalue weighted by Gasteiger charge is -2.24. The van der Waals surface area contributed by atoms with Crippen LogP contribution in [0.25, 0.3) is 0 Å². The first-order chi connectivity index (χ1) is 9.02. The van der Waals surface area contributed by atoms with E-state index < -0.39 is 11.9 Å². The molecular formula is C12H21N3O4. The molecule has 7 heteroatoms. The summed E-state index contributed by atoms with van der Waals surface area (Å²) >= 11 is 0. The monoisotopic (exact) mass is 271 g/mol. The van der Waals surface area contributed by atoms with Gasteiger partial charge in [-0.3, -0.25) is 9.59 Å². The second kappa shape index (κ2) is 7.60. The lowest BCUT2D eigenvalue weighted by atomic mass is 10.0. The van der Waals surface area contributed by atoms with E-state index in [0.29, 0.717) is 25.8 Å². The number of carbonyl (C=O) groups is 3. The van der Waals surface area contributed by atoms with E-state index in [9.17, 15) is 14.4 Å². The summed E-state index contributed by atoms with van der Waals surface area (Å²) in [5.41, 5.74) is 0. The van der Waals surface area contributed by atoms with E-state index in [0.717, 1.165) is 6.42 Å². The quantitative estimate of drug-likeness (QED) is 0.548. The van der Waals surface area contributed by atoms with Gasteiger partial charge >= 0.3 is 12.0 Å². The van der Waals surface area contributed by atoms with E-state index in [1.54, 1.807) is 0 Å². The predicted molar refractivity (Wildman–Crippen MR) is 68.6 cm³/mol. The van der Waals surface area contributed by atoms with Crippen molar-refractivity contribution in [1.29, 1.82) is 0 Å². The molecule has 0 aromatic heterocycles. The van der Waals surface area contributed by atoms with Gasteiger partial charge in [0.1, 0.15) is 0 Å². The number of nitrogens with one attached hydrogen (secondary N) is 3. The number of hydrogen-bond acceptors (Lipinski definition) is 3. The second-order valence-electron chi connectivity index (χ2n) is 4.72. The van der Waals surface area contributed by atoms with Gasteiger partial charge in [-0.15, -0.1) is 0 Å². The third-order valence-corrected chi connectivity index (χ3v) is 3.10. The molecule has 2 atom stereocenters. The van der Waals surface area contributed by atoms with Crippen LogP contribution in [-0.4, -0.2) is 42.1 Å². The van der Waals surface area contributed by atoms with Gasteiger partial charge in [-0.1, -0.05) is 13.3 Å². The molecule has 0 spiro atoms. The highest BCUT2D eigenvalue weighted by Gasteiger charge is 2.21. The van der Waals surface area contributed by atoms with Crippen molar-refractivity contribution in [3.05, 3.63) is 0 Å². The Morgan fingerprint density at radius 3 is 2.79 bits per heavy atom. The summed E-state index contributed by atoms with van der Waals surface area (Å²) in [5, 5.41) is 16.9. The largest absolute Gasteiger partial charge is 0.481 e. The lowest BCUT2D eigenvalue weighted by Crippen LogP contribution is -2.51. The van der Waals surface area contributed by atoms with E-state index in [4.69, 9.17) is 5.11 Å². The Hall–Kier alpha value is -1.79. The van der Waals surface area contributed by atoms with E-state index in [-0.39, 0.29) is 24.5 Å². The number of aliphatic carboxylic acids is 1. The Bertz CT molecular complexity index is 336. The molecule has 108 valence electrons. The first-order valence-corrected chi connectivity index (χ1v) is 6.56. The van der Waals surface area contributed by atoms with Gasteiger partial charge in [-0.25, -0.2) is 4.79 Å². The Kier molecular flexibility index (Phi) is 6.11. The zero-order chi connectivity index (χ0) is 14.3. The van der Waals surface area contributed by atoms with Crippen LogP contribution >= 0.6 is 0 Å². The van der Waals surface area contributed by atoms with Crippen molar-refractivity contribution in [2.75, 3.05) is 13.1 Å². The number of carboxylic acids is 1. The summed E-state index contributed by atoms with van der Waals surface area (Å²) < 4.78 is 0. The summed E-state index contributed by atoms with van der Waals surface area (Å²) in [6.45, 7) is 2.44. The molecule has 1 saturated heterocycles. The van der Waals surface area contributed by atoms with Gasteiger partial charge in [0.2, 0.25) is 5.91 Å². The zero-order valence-electron chi connectivity index (χ0n) is 11.1. The van der Waals surface area contributed by atoms with E-state index in [2.05, 4.69) is 16.0 Å². The standard InChI is InChI=1S/C12H21N3O4/c1-2-3-8(11(17)18)6-14-12(19)15-9-4-5-10(16)13-7-9/h8-9H,2-7H2,1H3,(H,13,16)(H,17,18)(H2,14,15,19). The fraction of sp³-hybridized carbons (Fsp3) is 0.750. The van der Waals surface area contributed by atoms with Crippen molar-refractivity contribution >= 4 is 17.9 Å². The summed E-state index contributed by atoms with van der Waals surface area (Å²) in [6, 6.07) is -0.476. The number of urea groups is 1. The fourth-order valence-corrected chi connectivity index (χ4v) is 1.97. The van der Waals surface area contributed by atoms with Gasteiger partial charge in [-0.05, 0) is 12.8 Å². The van der Waals surface area contributed by atoms with Crippen molar-refractivity contribution < 1.29 is 19.5 Å². The molecule has 3 amide bonds. The van der Waals surface area contributed by atoms with Crippen LogP contribution in [0, 0.1) is 5.92 Å². The summed E-state index contributed by atoms with van der Waals surface area (Å²) in [5.74, 6) is -1.46. The number of rotatable bonds is 6. The fourth-order valence-electron chi connectivity index (χ4n) is 1.97. The molecule has 1 aliphatic rings. The van der Waals surface area contributed by atoms with E-state index in [1.807, 2.05) is 6.92 Å². The van der Waals surface area contributed by atoms with Crippen molar-refractivity contribution in [2.45, 2.75) is 38.6 Å². The molecule has 19 heavy (non-hydrogen) atoms. The van der Waals surface area contributed by atoms with Gasteiger partial charge in [0.25, 0.3) is 0 Å². The minimum absolute atomic E-state index is 0.00709. The highest BCUT2D eigenvalue weighted by molar-refractivity contribution is 5.78. The van der Waals surface area contributed by atoms with Gasteiger partial charge in [0.05, 0.1) is 5.92 Å². The van der Waals surface area contributed by atoms with E-state index >= 15 is 0 Å². The molecule has 0 radical (unpaired) electrons. The Labute approximate surface area is 112 Å². The minimum Gasteiger partial charge on any atom is -0.481 e. The normalized spacial score (nSPS) is 20.3. The third kappa shape index (κ3) is 5.58. The maximum absolute atomic E-state index is 11.6. The van der Waals surface area contributed by atoms with Crippen LogP contribution in [0.2, 0.25) is 0 Å². The molecule has 2 unspecified atom stereocenters. The smallest absolute Gasteiger partial charge is 0.315 e. The highest BCUT2D eigenvalue weighted by Crippen LogP contribution is 2.05. The average molecular weight is 271 g/mol. The Morgan fingerprint density at radius 1 is 1.53 bits per heavy atom. The van der Waals surface area contributed by atoms with Crippen molar-refractivity contribution in [3.8, 4) is 0 Å². The second-order valence-corrected chi connectivity index (χ2v) is 4.72. The van der Waals surface area contributed by atoms with Crippen LogP contribution in [-0.2, 0) is 9.59 Å². The van der Waals surface area contributed by atoms with Crippen LogP contribution in [0.5, 0.6) is 0 Å².